The molecule has 0 saturated heterocycles. The number of carboxylic acid groups (broad SMARTS) is 1. The molecule has 4 rings (SSSR count). The van der Waals surface area contributed by atoms with Crippen molar-refractivity contribution in [3.63, 3.8) is 0 Å². The molecule has 0 aliphatic heterocycles. The summed E-state index contributed by atoms with van der Waals surface area (Å²) in [5.74, 6) is -1.58. The summed E-state index contributed by atoms with van der Waals surface area (Å²) >= 11 is 6.35. The molecular formula is C25H27ClN2O5S. The van der Waals surface area contributed by atoms with Crippen molar-refractivity contribution in [3.05, 3.63) is 64.3 Å². The minimum absolute atomic E-state index is 0.0160. The summed E-state index contributed by atoms with van der Waals surface area (Å²) < 4.78 is 26.3. The zero-order valence-corrected chi connectivity index (χ0v) is 20.8. The molecule has 1 atom stereocenters. The number of halogens is 1. The monoisotopic (exact) mass is 502 g/mol. The van der Waals surface area contributed by atoms with Crippen molar-refractivity contribution >= 4 is 44.2 Å². The Hall–Kier alpha value is -2.84. The lowest BCUT2D eigenvalue weighted by atomic mass is 10.1. The average molecular weight is 503 g/mol. The van der Waals surface area contributed by atoms with Crippen molar-refractivity contribution in [3.8, 4) is 0 Å². The fourth-order valence-electron chi connectivity index (χ4n) is 4.80. The first kappa shape index (κ1) is 24.3. The molecule has 1 heterocycles. The second kappa shape index (κ2) is 8.74. The van der Waals surface area contributed by atoms with Crippen LogP contribution in [0.2, 0.25) is 5.02 Å². The number of nitrogens with zero attached hydrogens (tertiary/aromatic N) is 1. The molecule has 7 nitrogen and oxygen atoms in total. The predicted molar refractivity (Wildman–Crippen MR) is 131 cm³/mol. The van der Waals surface area contributed by atoms with Crippen molar-refractivity contribution < 1.29 is 23.1 Å². The van der Waals surface area contributed by atoms with Crippen LogP contribution in [0.3, 0.4) is 0 Å². The summed E-state index contributed by atoms with van der Waals surface area (Å²) in [7, 11) is -2.23. The molecule has 1 fully saturated rings. The number of nitrogens with one attached hydrogen (secondary N) is 1. The van der Waals surface area contributed by atoms with Gasteiger partial charge < -0.3 is 15.0 Å². The number of benzene rings is 2. The second-order valence-corrected chi connectivity index (χ2v) is 11.7. The largest absolute Gasteiger partial charge is 0.480 e. The van der Waals surface area contributed by atoms with Gasteiger partial charge in [0, 0.05) is 12.4 Å². The quantitative estimate of drug-likeness (QED) is 0.503. The molecule has 0 spiro atoms. The van der Waals surface area contributed by atoms with Crippen LogP contribution in [-0.2, 0) is 21.7 Å². The summed E-state index contributed by atoms with van der Waals surface area (Å²) in [5, 5.41) is 14.0. The van der Waals surface area contributed by atoms with E-state index in [1.54, 1.807) is 36.7 Å². The summed E-state index contributed by atoms with van der Waals surface area (Å²) in [6, 6.07) is 11.2. The number of fused-ring (bicyclic) bond motifs is 1. The van der Waals surface area contributed by atoms with Gasteiger partial charge in [-0.3, -0.25) is 9.59 Å². The maximum absolute atomic E-state index is 13.2. The Labute approximate surface area is 203 Å². The third kappa shape index (κ3) is 3.88. The van der Waals surface area contributed by atoms with Crippen LogP contribution < -0.4 is 5.32 Å². The standard InChI is InChI=1S/C25H27ClN2O5S/c1-15-12-20(26)19-14-22(28(3)21(19)13-15)23(29)27-16(2)17-6-8-18(9-7-17)34(32,33)25(24(30)31)10-4-5-11-25/h6-9,12-14,16H,4-5,10-11H2,1-3H3,(H,27,29)(H,30,31). The Morgan fingerprint density at radius 3 is 2.32 bits per heavy atom. The van der Waals surface area contributed by atoms with E-state index in [2.05, 4.69) is 5.32 Å². The highest BCUT2D eigenvalue weighted by Crippen LogP contribution is 2.41. The van der Waals surface area contributed by atoms with Gasteiger partial charge in [0.15, 0.2) is 14.6 Å². The first-order chi connectivity index (χ1) is 16.0. The molecule has 180 valence electrons. The highest BCUT2D eigenvalue weighted by atomic mass is 35.5. The minimum Gasteiger partial charge on any atom is -0.480 e. The Kier molecular flexibility index (Phi) is 6.25. The molecule has 1 amide bonds. The van der Waals surface area contributed by atoms with Crippen LogP contribution in [0.1, 0.15) is 60.3 Å². The number of aromatic nitrogens is 1. The average Bonchev–Trinajstić information content (AvgIpc) is 3.41. The van der Waals surface area contributed by atoms with Crippen molar-refractivity contribution in [2.75, 3.05) is 0 Å². The van der Waals surface area contributed by atoms with Gasteiger partial charge in [0.05, 0.1) is 21.5 Å². The van der Waals surface area contributed by atoms with E-state index in [4.69, 9.17) is 11.6 Å². The SMILES string of the molecule is Cc1cc(Cl)c2cc(C(=O)NC(C)c3ccc(S(=O)(=O)C4(C(=O)O)CCCC4)cc3)n(C)c2c1. The van der Waals surface area contributed by atoms with E-state index in [-0.39, 0.29) is 23.6 Å². The molecule has 9 heteroatoms. The number of hydrogen-bond donors (Lipinski definition) is 2. The normalized spacial score (nSPS) is 16.5. The van der Waals surface area contributed by atoms with Gasteiger partial charge in [0.1, 0.15) is 5.69 Å². The van der Waals surface area contributed by atoms with Gasteiger partial charge in [0.25, 0.3) is 5.91 Å². The molecule has 3 aromatic rings. The third-order valence-corrected chi connectivity index (χ3v) is 9.66. The fraction of sp³-hybridized carbons (Fsp3) is 0.360. The summed E-state index contributed by atoms with van der Waals surface area (Å²) in [6.07, 6.45) is 1.39. The predicted octanol–water partition coefficient (Wildman–Crippen LogP) is 4.80. The molecule has 1 saturated carbocycles. The van der Waals surface area contributed by atoms with E-state index < -0.39 is 26.6 Å². The Balaban J connectivity index is 1.56. The molecule has 1 aromatic heterocycles. The number of carboxylic acids is 1. The van der Waals surface area contributed by atoms with Gasteiger partial charge >= 0.3 is 5.97 Å². The van der Waals surface area contributed by atoms with Gasteiger partial charge in [-0.25, -0.2) is 8.42 Å². The molecule has 1 aliphatic carbocycles. The van der Waals surface area contributed by atoms with E-state index in [1.807, 2.05) is 19.1 Å². The lowest BCUT2D eigenvalue weighted by Gasteiger charge is -2.24. The summed E-state index contributed by atoms with van der Waals surface area (Å²) in [5.41, 5.74) is 3.02. The first-order valence-electron chi connectivity index (χ1n) is 11.1. The van der Waals surface area contributed by atoms with E-state index in [0.29, 0.717) is 29.1 Å². The summed E-state index contributed by atoms with van der Waals surface area (Å²) in [4.78, 5) is 24.8. The van der Waals surface area contributed by atoms with Gasteiger partial charge in [0.2, 0.25) is 0 Å². The van der Waals surface area contributed by atoms with Gasteiger partial charge in [-0.2, -0.15) is 0 Å². The molecular weight excluding hydrogens is 476 g/mol. The van der Waals surface area contributed by atoms with Crippen LogP contribution in [0, 0.1) is 6.92 Å². The number of aryl methyl sites for hydroxylation is 2. The van der Waals surface area contributed by atoms with E-state index in [0.717, 1.165) is 16.5 Å². The number of amides is 1. The van der Waals surface area contributed by atoms with Crippen LogP contribution in [0.5, 0.6) is 0 Å². The van der Waals surface area contributed by atoms with Crippen molar-refractivity contribution in [2.45, 2.75) is 55.2 Å². The highest BCUT2D eigenvalue weighted by Gasteiger charge is 2.53. The first-order valence-corrected chi connectivity index (χ1v) is 13.0. The Morgan fingerprint density at radius 2 is 1.74 bits per heavy atom. The Morgan fingerprint density at radius 1 is 1.12 bits per heavy atom. The third-order valence-electron chi connectivity index (χ3n) is 6.84. The minimum atomic E-state index is -4.04. The zero-order valence-electron chi connectivity index (χ0n) is 19.3. The Bertz CT molecular complexity index is 1390. The van der Waals surface area contributed by atoms with Crippen molar-refractivity contribution in [1.82, 2.24) is 9.88 Å². The molecule has 1 aliphatic rings. The van der Waals surface area contributed by atoms with Crippen LogP contribution in [0.15, 0.2) is 47.4 Å². The highest BCUT2D eigenvalue weighted by molar-refractivity contribution is 7.93. The number of carbonyl (C=O) groups is 2. The maximum atomic E-state index is 13.2. The molecule has 34 heavy (non-hydrogen) atoms. The maximum Gasteiger partial charge on any atom is 0.325 e. The van der Waals surface area contributed by atoms with Gasteiger partial charge in [-0.1, -0.05) is 36.6 Å². The molecule has 2 aromatic carbocycles. The number of carbonyl (C=O) groups excluding carboxylic acids is 1. The molecule has 0 bridgehead atoms. The van der Waals surface area contributed by atoms with Crippen molar-refractivity contribution in [1.29, 1.82) is 0 Å². The molecule has 1 unspecified atom stereocenters. The lowest BCUT2D eigenvalue weighted by molar-refractivity contribution is -0.139. The van der Waals surface area contributed by atoms with Crippen LogP contribution in [-0.4, -0.2) is 34.7 Å². The molecule has 0 radical (unpaired) electrons. The number of sulfone groups is 1. The second-order valence-electron chi connectivity index (χ2n) is 9.04. The number of aliphatic carboxylic acids is 1. The van der Waals surface area contributed by atoms with Crippen LogP contribution in [0.4, 0.5) is 0 Å². The molecule has 2 N–H and O–H groups in total. The fourth-order valence-corrected chi connectivity index (χ4v) is 7.12. The number of hydrogen-bond acceptors (Lipinski definition) is 4. The smallest absolute Gasteiger partial charge is 0.325 e. The van der Waals surface area contributed by atoms with Crippen LogP contribution >= 0.6 is 11.6 Å². The van der Waals surface area contributed by atoms with Gasteiger partial charge in [-0.15, -0.1) is 0 Å². The summed E-state index contributed by atoms with van der Waals surface area (Å²) in [6.45, 7) is 3.74. The van der Waals surface area contributed by atoms with Crippen molar-refractivity contribution in [2.24, 2.45) is 7.05 Å². The van der Waals surface area contributed by atoms with E-state index >= 15 is 0 Å². The van der Waals surface area contributed by atoms with E-state index in [9.17, 15) is 23.1 Å². The lowest BCUT2D eigenvalue weighted by Crippen LogP contribution is -2.43. The van der Waals surface area contributed by atoms with E-state index in [1.165, 1.54) is 12.1 Å². The zero-order chi connectivity index (χ0) is 24.8. The number of rotatable bonds is 6. The van der Waals surface area contributed by atoms with Gasteiger partial charge in [-0.05, 0) is 68.1 Å². The van der Waals surface area contributed by atoms with Crippen LogP contribution in [0.25, 0.3) is 10.9 Å². The topological polar surface area (TPSA) is 105 Å².